The van der Waals surface area contributed by atoms with Crippen LogP contribution in [0.4, 0.5) is 0 Å². The third kappa shape index (κ3) is 7.37. The number of nitrogens with one attached hydrogen (secondary N) is 2. The van der Waals surface area contributed by atoms with E-state index in [0.29, 0.717) is 31.1 Å². The minimum atomic E-state index is -5.02. The number of amides is 2. The van der Waals surface area contributed by atoms with Gasteiger partial charge < -0.3 is 38.7 Å². The lowest BCUT2D eigenvalue weighted by atomic mass is 9.77. The van der Waals surface area contributed by atoms with Gasteiger partial charge in [-0.25, -0.2) is 18.7 Å². The van der Waals surface area contributed by atoms with Gasteiger partial charge in [-0.05, 0) is 80.3 Å². The molecule has 2 amide bonds. The van der Waals surface area contributed by atoms with Crippen LogP contribution in [0, 0.1) is 0 Å². The van der Waals surface area contributed by atoms with Gasteiger partial charge in [-0.15, -0.1) is 5.75 Å². The molecule has 0 radical (unpaired) electrons. The van der Waals surface area contributed by atoms with Crippen LogP contribution in [0.2, 0.25) is 0 Å². The highest BCUT2D eigenvalue weighted by Crippen LogP contribution is 2.58. The summed E-state index contributed by atoms with van der Waals surface area (Å²) in [5.41, 5.74) is -2.02. The third-order valence-electron chi connectivity index (χ3n) is 9.81. The van der Waals surface area contributed by atoms with Crippen molar-refractivity contribution in [1.82, 2.24) is 10.6 Å². The Morgan fingerprint density at radius 1 is 0.719 bits per heavy atom. The topological polar surface area (TPSA) is 281 Å². The molecule has 1 saturated carbocycles. The number of hydrogen-bond donors (Lipinski definition) is 6. The average Bonchev–Trinajstić information content (AvgIpc) is 3.41. The summed E-state index contributed by atoms with van der Waals surface area (Å²) in [4.78, 5) is 90.3. The van der Waals surface area contributed by atoms with E-state index in [1.807, 2.05) is 0 Å². The fourth-order valence-electron chi connectivity index (χ4n) is 7.38. The van der Waals surface area contributed by atoms with Gasteiger partial charge in [0.2, 0.25) is 0 Å². The number of esters is 1. The maximum atomic E-state index is 13.7. The Bertz CT molecular complexity index is 2600. The Labute approximate surface area is 320 Å². The summed E-state index contributed by atoms with van der Waals surface area (Å²) < 4.78 is 49.9. The Morgan fingerprint density at radius 3 is 1.88 bits per heavy atom. The maximum Gasteiger partial charge on any atom is 0.524 e. The molecule has 1 fully saturated rings. The van der Waals surface area contributed by atoms with Crippen molar-refractivity contribution in [2.75, 3.05) is 0 Å². The van der Waals surface area contributed by atoms with E-state index in [4.69, 9.17) is 22.9 Å². The van der Waals surface area contributed by atoms with Crippen molar-refractivity contribution < 1.29 is 71.1 Å². The van der Waals surface area contributed by atoms with E-state index in [2.05, 4.69) is 10.6 Å². The molecule has 6 N–H and O–H groups in total. The van der Waals surface area contributed by atoms with Crippen molar-refractivity contribution in [3.05, 3.63) is 123 Å². The third-order valence-corrected chi connectivity index (χ3v) is 10.7. The van der Waals surface area contributed by atoms with E-state index in [-0.39, 0.29) is 79.8 Å². The summed E-state index contributed by atoms with van der Waals surface area (Å²) in [6, 6.07) is 16.5. The lowest BCUT2D eigenvalue weighted by Gasteiger charge is -2.36. The molecule has 1 aliphatic carbocycles. The SMILES string of the molecule is O=C(NC1CCC(NC(=O)c2cc3ccc([O-])cc3oc2=O)CC1)c1ccc2c(c1)C1(OC2=O)c2ccc(OP(=O)(O)O)cc2Oc2cc(OP(=O)(O)O)ccc21. The first kappa shape index (κ1) is 37.9. The van der Waals surface area contributed by atoms with Crippen molar-refractivity contribution in [3.63, 3.8) is 0 Å². The predicted molar refractivity (Wildman–Crippen MR) is 193 cm³/mol. The number of phosphoric ester groups is 2. The molecule has 294 valence electrons. The van der Waals surface area contributed by atoms with E-state index in [0.717, 1.165) is 12.1 Å². The molecular weight excluding hydrogens is 790 g/mol. The summed E-state index contributed by atoms with van der Waals surface area (Å²) in [6.07, 6.45) is 1.89. The first-order chi connectivity index (χ1) is 27.0. The number of benzene rings is 4. The standard InChI is InChI=1S/C37H30N2O16P2/c40-22-7-1-18-13-26(35(43)52-30(18)15-22)34(42)39-21-5-3-20(4-6-21)38-33(41)19-2-10-25-29(14-19)37(53-36(25)44)27-11-8-23(54-56(45,46)47)16-31(27)51-32-17-24(9-12-28(32)37)55-57(48,49)50/h1-2,7-17,20-21,40H,3-6H2,(H,38,41)(H,39,42)(H2,45,46,47)(H2,48,49,50)/p-1. The van der Waals surface area contributed by atoms with Crippen LogP contribution in [-0.4, -0.2) is 49.4 Å². The van der Waals surface area contributed by atoms with Crippen LogP contribution in [0.1, 0.15) is 73.4 Å². The van der Waals surface area contributed by atoms with Gasteiger partial charge >= 0.3 is 27.2 Å². The quantitative estimate of drug-likeness (QED) is 0.0737. The monoisotopic (exact) mass is 819 g/mol. The molecule has 1 aromatic heterocycles. The molecule has 8 rings (SSSR count). The Kier molecular flexibility index (Phi) is 9.23. The van der Waals surface area contributed by atoms with Crippen LogP contribution < -0.4 is 35.2 Å². The normalized spacial score (nSPS) is 18.1. The van der Waals surface area contributed by atoms with Gasteiger partial charge in [0, 0.05) is 51.9 Å². The van der Waals surface area contributed by atoms with Gasteiger partial charge in [0.25, 0.3) is 11.8 Å². The molecule has 18 nitrogen and oxygen atoms in total. The van der Waals surface area contributed by atoms with E-state index >= 15 is 0 Å². The first-order valence-electron chi connectivity index (χ1n) is 17.2. The zero-order chi connectivity index (χ0) is 40.4. The predicted octanol–water partition coefficient (Wildman–Crippen LogP) is 3.85. The second-order valence-corrected chi connectivity index (χ2v) is 15.9. The number of carbonyl (C=O) groups is 3. The zero-order valence-electron chi connectivity index (χ0n) is 29.1. The van der Waals surface area contributed by atoms with E-state index < -0.39 is 44.7 Å². The maximum absolute atomic E-state index is 13.7. The molecule has 3 aliphatic rings. The number of rotatable bonds is 8. The van der Waals surface area contributed by atoms with Crippen molar-refractivity contribution in [1.29, 1.82) is 0 Å². The number of fused-ring (bicyclic) bond motifs is 7. The molecule has 57 heavy (non-hydrogen) atoms. The second kappa shape index (κ2) is 13.9. The first-order valence-corrected chi connectivity index (χ1v) is 20.2. The summed E-state index contributed by atoms with van der Waals surface area (Å²) in [5.74, 6) is -3.04. The van der Waals surface area contributed by atoms with E-state index in [1.54, 1.807) is 0 Å². The number of carbonyl (C=O) groups excluding carboxylic acids is 3. The summed E-state index contributed by atoms with van der Waals surface area (Å²) in [7, 11) is -10.0. The Hall–Kier alpha value is -6.00. The van der Waals surface area contributed by atoms with Gasteiger partial charge in [0.1, 0.15) is 34.1 Å². The van der Waals surface area contributed by atoms with E-state index in [9.17, 15) is 53.0 Å². The molecule has 0 saturated heterocycles. The average molecular weight is 820 g/mol. The van der Waals surface area contributed by atoms with Crippen molar-refractivity contribution in [2.45, 2.75) is 43.4 Å². The molecule has 1 spiro atoms. The summed E-state index contributed by atoms with van der Waals surface area (Å²) >= 11 is 0. The molecule has 0 unspecified atom stereocenters. The highest BCUT2D eigenvalue weighted by molar-refractivity contribution is 7.47. The van der Waals surface area contributed by atoms with Gasteiger partial charge in [-0.1, -0.05) is 12.1 Å². The van der Waals surface area contributed by atoms with Crippen molar-refractivity contribution >= 4 is 44.4 Å². The fourth-order valence-corrected chi connectivity index (χ4v) is 8.15. The van der Waals surface area contributed by atoms with Crippen LogP contribution in [0.5, 0.6) is 28.7 Å². The molecule has 0 atom stereocenters. The summed E-state index contributed by atoms with van der Waals surface area (Å²) in [6.45, 7) is 0. The van der Waals surface area contributed by atoms with Crippen LogP contribution in [0.25, 0.3) is 11.0 Å². The largest absolute Gasteiger partial charge is 0.872 e. The van der Waals surface area contributed by atoms with Crippen LogP contribution in [0.15, 0.2) is 88.1 Å². The fraction of sp³-hybridized carbons (Fsp3) is 0.189. The minimum absolute atomic E-state index is 0.0786. The molecule has 20 heteroatoms. The van der Waals surface area contributed by atoms with Crippen LogP contribution in [0.3, 0.4) is 0 Å². The smallest absolute Gasteiger partial charge is 0.524 e. The Balaban J connectivity index is 1.04. The molecule has 4 aromatic carbocycles. The summed E-state index contributed by atoms with van der Waals surface area (Å²) in [5, 5.41) is 17.9. The van der Waals surface area contributed by atoms with E-state index in [1.165, 1.54) is 66.7 Å². The van der Waals surface area contributed by atoms with Gasteiger partial charge in [0.05, 0.1) is 5.56 Å². The molecule has 0 bridgehead atoms. The van der Waals surface area contributed by atoms with Crippen molar-refractivity contribution in [3.8, 4) is 28.7 Å². The molecular formula is C37H29N2O16P2-. The molecule has 2 aliphatic heterocycles. The van der Waals surface area contributed by atoms with Crippen LogP contribution >= 0.6 is 15.6 Å². The molecule has 5 aromatic rings. The highest BCUT2D eigenvalue weighted by atomic mass is 31.2. The number of phosphoric acid groups is 2. The highest BCUT2D eigenvalue weighted by Gasteiger charge is 2.54. The molecule has 3 heterocycles. The Morgan fingerprint density at radius 2 is 1.30 bits per heavy atom. The zero-order valence-corrected chi connectivity index (χ0v) is 30.9. The lowest BCUT2D eigenvalue weighted by molar-refractivity contribution is -0.268. The van der Waals surface area contributed by atoms with Crippen molar-refractivity contribution in [2.24, 2.45) is 0 Å². The van der Waals surface area contributed by atoms with Crippen LogP contribution in [-0.2, 0) is 19.5 Å². The number of hydrogen-bond acceptors (Lipinski definition) is 12. The van der Waals surface area contributed by atoms with Gasteiger partial charge in [-0.2, -0.15) is 0 Å². The van der Waals surface area contributed by atoms with Gasteiger partial charge in [-0.3, -0.25) is 29.2 Å². The van der Waals surface area contributed by atoms with Gasteiger partial charge in [0.15, 0.2) is 5.60 Å². The number of ether oxygens (including phenoxy) is 2. The lowest BCUT2D eigenvalue weighted by Crippen LogP contribution is -2.44. The second-order valence-electron chi connectivity index (χ2n) is 13.6. The minimum Gasteiger partial charge on any atom is -0.872 e.